The van der Waals surface area contributed by atoms with Gasteiger partial charge in [-0.1, -0.05) is 0 Å². The van der Waals surface area contributed by atoms with Crippen LogP contribution in [0.1, 0.15) is 18.5 Å². The highest BCUT2D eigenvalue weighted by molar-refractivity contribution is 5.46. The zero-order valence-electron chi connectivity index (χ0n) is 9.62. The smallest absolute Gasteiger partial charge is 0.194 e. The van der Waals surface area contributed by atoms with E-state index >= 15 is 0 Å². The standard InChI is InChI=1S/C13H11F3N2/c1-8(9-2-4-17-5-3-9)18-10-6-11(14)13(16)12(15)7-10/h2-8,18H,1H3. The van der Waals surface area contributed by atoms with Crippen molar-refractivity contribution in [2.24, 2.45) is 0 Å². The van der Waals surface area contributed by atoms with E-state index in [4.69, 9.17) is 0 Å². The van der Waals surface area contributed by atoms with Crippen molar-refractivity contribution in [2.45, 2.75) is 13.0 Å². The van der Waals surface area contributed by atoms with E-state index in [1.54, 1.807) is 24.5 Å². The first-order chi connectivity index (χ1) is 8.58. The molecule has 0 radical (unpaired) electrons. The van der Waals surface area contributed by atoms with Crippen LogP contribution in [-0.2, 0) is 0 Å². The number of nitrogens with zero attached hydrogens (tertiary/aromatic N) is 1. The molecule has 0 saturated heterocycles. The largest absolute Gasteiger partial charge is 0.378 e. The summed E-state index contributed by atoms with van der Waals surface area (Å²) in [5, 5.41) is 2.89. The lowest BCUT2D eigenvalue weighted by Gasteiger charge is -2.15. The maximum Gasteiger partial charge on any atom is 0.194 e. The molecule has 0 aliphatic carbocycles. The van der Waals surface area contributed by atoms with Crippen LogP contribution in [0.2, 0.25) is 0 Å². The zero-order chi connectivity index (χ0) is 13.1. The molecular formula is C13H11F3N2. The summed E-state index contributed by atoms with van der Waals surface area (Å²) < 4.78 is 38.8. The molecule has 0 fully saturated rings. The predicted octanol–water partition coefficient (Wildman–Crippen LogP) is 3.67. The van der Waals surface area contributed by atoms with Crippen molar-refractivity contribution in [1.82, 2.24) is 4.98 Å². The number of hydrogen-bond acceptors (Lipinski definition) is 2. The van der Waals surface area contributed by atoms with Gasteiger partial charge in [0.1, 0.15) is 0 Å². The first-order valence-corrected chi connectivity index (χ1v) is 5.39. The third kappa shape index (κ3) is 2.61. The van der Waals surface area contributed by atoms with Crippen molar-refractivity contribution in [3.63, 3.8) is 0 Å². The maximum absolute atomic E-state index is 13.0. The highest BCUT2D eigenvalue weighted by Gasteiger charge is 2.12. The van der Waals surface area contributed by atoms with Gasteiger partial charge in [0.25, 0.3) is 0 Å². The Hall–Kier alpha value is -2.04. The fourth-order valence-corrected chi connectivity index (χ4v) is 1.62. The first kappa shape index (κ1) is 12.4. The Kier molecular flexibility index (Phi) is 3.50. The minimum atomic E-state index is -1.46. The summed E-state index contributed by atoms with van der Waals surface area (Å²) in [6.45, 7) is 1.83. The van der Waals surface area contributed by atoms with E-state index in [0.29, 0.717) is 0 Å². The van der Waals surface area contributed by atoms with Crippen molar-refractivity contribution in [3.05, 3.63) is 59.7 Å². The molecule has 94 valence electrons. The summed E-state index contributed by atoms with van der Waals surface area (Å²) in [4.78, 5) is 3.88. The second kappa shape index (κ2) is 5.08. The Labute approximate surface area is 102 Å². The minimum absolute atomic E-state index is 0.169. The van der Waals surface area contributed by atoms with Gasteiger partial charge >= 0.3 is 0 Å². The highest BCUT2D eigenvalue weighted by Crippen LogP contribution is 2.22. The fourth-order valence-electron chi connectivity index (χ4n) is 1.62. The molecule has 1 aromatic heterocycles. The van der Waals surface area contributed by atoms with E-state index in [2.05, 4.69) is 10.3 Å². The van der Waals surface area contributed by atoms with E-state index in [1.165, 1.54) is 0 Å². The molecule has 2 rings (SSSR count). The second-order valence-corrected chi connectivity index (χ2v) is 3.90. The average Bonchev–Trinajstić information content (AvgIpc) is 2.37. The highest BCUT2D eigenvalue weighted by atomic mass is 19.2. The molecule has 0 aliphatic rings. The van der Waals surface area contributed by atoms with Crippen molar-refractivity contribution in [2.75, 3.05) is 5.32 Å². The average molecular weight is 252 g/mol. The molecule has 0 spiro atoms. The quantitative estimate of drug-likeness (QED) is 0.843. The Morgan fingerprint density at radius 2 is 1.61 bits per heavy atom. The van der Waals surface area contributed by atoms with Gasteiger partial charge in [0.15, 0.2) is 17.5 Å². The van der Waals surface area contributed by atoms with Crippen LogP contribution in [0.25, 0.3) is 0 Å². The number of aromatic nitrogens is 1. The Morgan fingerprint density at radius 3 is 2.17 bits per heavy atom. The van der Waals surface area contributed by atoms with Crippen LogP contribution in [0.3, 0.4) is 0 Å². The van der Waals surface area contributed by atoms with Gasteiger partial charge in [-0.05, 0) is 24.6 Å². The summed E-state index contributed by atoms with van der Waals surface area (Å²) in [6.07, 6.45) is 3.25. The van der Waals surface area contributed by atoms with E-state index < -0.39 is 17.5 Å². The van der Waals surface area contributed by atoms with Crippen molar-refractivity contribution in [1.29, 1.82) is 0 Å². The first-order valence-electron chi connectivity index (χ1n) is 5.39. The van der Waals surface area contributed by atoms with Crippen molar-refractivity contribution < 1.29 is 13.2 Å². The van der Waals surface area contributed by atoms with Crippen LogP contribution in [0.5, 0.6) is 0 Å². The van der Waals surface area contributed by atoms with Gasteiger partial charge in [0.2, 0.25) is 0 Å². The minimum Gasteiger partial charge on any atom is -0.378 e. The molecule has 5 heteroatoms. The summed E-state index contributed by atoms with van der Waals surface area (Å²) in [5.41, 5.74) is 1.10. The molecular weight excluding hydrogens is 241 g/mol. The second-order valence-electron chi connectivity index (χ2n) is 3.90. The SMILES string of the molecule is CC(Nc1cc(F)c(F)c(F)c1)c1ccncc1. The normalized spacial score (nSPS) is 12.2. The van der Waals surface area contributed by atoms with Gasteiger partial charge < -0.3 is 5.32 Å². The number of nitrogens with one attached hydrogen (secondary N) is 1. The summed E-state index contributed by atoms with van der Waals surface area (Å²) in [5.74, 6) is -3.88. The van der Waals surface area contributed by atoms with Gasteiger partial charge in [-0.25, -0.2) is 13.2 Å². The molecule has 0 aliphatic heterocycles. The van der Waals surface area contributed by atoms with Crippen molar-refractivity contribution in [3.8, 4) is 0 Å². The topological polar surface area (TPSA) is 24.9 Å². The van der Waals surface area contributed by atoms with Gasteiger partial charge in [-0.15, -0.1) is 0 Å². The summed E-state index contributed by atoms with van der Waals surface area (Å²) >= 11 is 0. The van der Waals surface area contributed by atoms with E-state index in [1.807, 2.05) is 6.92 Å². The van der Waals surface area contributed by atoms with E-state index in [9.17, 15) is 13.2 Å². The summed E-state index contributed by atoms with van der Waals surface area (Å²) in [6, 6.07) is 5.26. The lowest BCUT2D eigenvalue weighted by molar-refractivity contribution is 0.447. The molecule has 1 atom stereocenters. The molecule has 0 amide bonds. The zero-order valence-corrected chi connectivity index (χ0v) is 9.62. The third-order valence-electron chi connectivity index (χ3n) is 2.57. The lowest BCUT2D eigenvalue weighted by Crippen LogP contribution is -2.07. The Bertz CT molecular complexity index is 520. The molecule has 0 bridgehead atoms. The number of anilines is 1. The van der Waals surface area contributed by atoms with E-state index in [-0.39, 0.29) is 11.7 Å². The monoisotopic (exact) mass is 252 g/mol. The van der Waals surface area contributed by atoms with Gasteiger partial charge in [-0.2, -0.15) is 0 Å². The molecule has 0 saturated carbocycles. The molecule has 1 heterocycles. The number of rotatable bonds is 3. The number of halogens is 3. The van der Waals surface area contributed by atoms with E-state index in [0.717, 1.165) is 17.7 Å². The Balaban J connectivity index is 2.20. The van der Waals surface area contributed by atoms with Crippen LogP contribution in [0, 0.1) is 17.5 Å². The number of pyridine rings is 1. The summed E-state index contributed by atoms with van der Waals surface area (Å²) in [7, 11) is 0. The van der Waals surface area contributed by atoms with Gasteiger partial charge in [0.05, 0.1) is 0 Å². The van der Waals surface area contributed by atoms with Crippen LogP contribution < -0.4 is 5.32 Å². The Morgan fingerprint density at radius 1 is 1.06 bits per heavy atom. The predicted molar refractivity (Wildman–Crippen MR) is 62.6 cm³/mol. The van der Waals surface area contributed by atoms with Crippen LogP contribution in [0.15, 0.2) is 36.7 Å². The maximum atomic E-state index is 13.0. The fraction of sp³-hybridized carbons (Fsp3) is 0.154. The molecule has 1 N–H and O–H groups in total. The number of hydrogen-bond donors (Lipinski definition) is 1. The molecule has 2 nitrogen and oxygen atoms in total. The van der Waals surface area contributed by atoms with Crippen molar-refractivity contribution >= 4 is 5.69 Å². The van der Waals surface area contributed by atoms with Gasteiger partial charge in [-0.3, -0.25) is 4.98 Å². The van der Waals surface area contributed by atoms with Crippen LogP contribution in [-0.4, -0.2) is 4.98 Å². The molecule has 18 heavy (non-hydrogen) atoms. The molecule has 1 aromatic carbocycles. The number of benzene rings is 1. The van der Waals surface area contributed by atoms with Crippen LogP contribution >= 0.6 is 0 Å². The molecule has 1 unspecified atom stereocenters. The van der Waals surface area contributed by atoms with Crippen LogP contribution in [0.4, 0.5) is 18.9 Å². The molecule has 2 aromatic rings. The lowest BCUT2D eigenvalue weighted by atomic mass is 10.1. The van der Waals surface area contributed by atoms with Gasteiger partial charge in [0, 0.05) is 36.3 Å². The third-order valence-corrected chi connectivity index (χ3v) is 2.57.